The number of anilines is 1. The zero-order valence-corrected chi connectivity index (χ0v) is 19.1. The van der Waals surface area contributed by atoms with Crippen molar-refractivity contribution < 1.29 is 17.5 Å². The largest absolute Gasteiger partial charge is 0.485 e. The molecule has 0 aliphatic carbocycles. The van der Waals surface area contributed by atoms with Gasteiger partial charge in [-0.15, -0.1) is 11.3 Å². The third-order valence-electron chi connectivity index (χ3n) is 5.07. The van der Waals surface area contributed by atoms with E-state index in [-0.39, 0.29) is 16.6 Å². The van der Waals surface area contributed by atoms with Crippen LogP contribution in [-0.4, -0.2) is 37.0 Å². The molecule has 1 aliphatic heterocycles. The summed E-state index contributed by atoms with van der Waals surface area (Å²) >= 11 is 7.51. The lowest BCUT2D eigenvalue weighted by Gasteiger charge is -2.27. The maximum atomic E-state index is 14.7. The minimum atomic E-state index is -4.17. The van der Waals surface area contributed by atoms with Gasteiger partial charge in [-0.1, -0.05) is 41.9 Å². The lowest BCUT2D eigenvalue weighted by atomic mass is 10.1. The van der Waals surface area contributed by atoms with E-state index in [2.05, 4.69) is 26.7 Å². The minimum Gasteiger partial charge on any atom is -0.485 e. The second-order valence-corrected chi connectivity index (χ2v) is 10.5. The Morgan fingerprint density at radius 1 is 1.32 bits per heavy atom. The van der Waals surface area contributed by atoms with Crippen LogP contribution in [0.25, 0.3) is 0 Å². The van der Waals surface area contributed by atoms with E-state index >= 15 is 0 Å². The van der Waals surface area contributed by atoms with Crippen molar-refractivity contribution in [1.82, 2.24) is 9.88 Å². The molecule has 0 unspecified atom stereocenters. The first-order chi connectivity index (χ1) is 14.7. The zero-order chi connectivity index (χ0) is 22.1. The van der Waals surface area contributed by atoms with E-state index in [4.69, 9.17) is 16.3 Å². The fraction of sp³-hybridized carbons (Fsp3) is 0.286. The van der Waals surface area contributed by atoms with Crippen LogP contribution in [0.5, 0.6) is 5.75 Å². The first-order valence-corrected chi connectivity index (χ1v) is 12.4. The van der Waals surface area contributed by atoms with Crippen molar-refractivity contribution in [1.29, 1.82) is 0 Å². The van der Waals surface area contributed by atoms with Crippen LogP contribution in [0, 0.1) is 5.82 Å². The molecule has 1 N–H and O–H groups in total. The number of likely N-dealkylation sites (tertiary alicyclic amines) is 1. The zero-order valence-electron chi connectivity index (χ0n) is 16.7. The molecule has 4 rings (SSSR count). The number of aromatic nitrogens is 1. The second-order valence-electron chi connectivity index (χ2n) is 7.69. The maximum Gasteiger partial charge on any atom is 0.266 e. The number of hydrogen-bond acceptors (Lipinski definition) is 6. The van der Waals surface area contributed by atoms with Crippen molar-refractivity contribution in [2.24, 2.45) is 0 Å². The van der Waals surface area contributed by atoms with Gasteiger partial charge in [0.05, 0.1) is 10.5 Å². The SMILES string of the molecule is C[C@]1(Oc2cc(F)c(S(=O)(=O)Nc3cscn3)cc2Cl)CCN(Cc2ccccc2)C1. The highest BCUT2D eigenvalue weighted by molar-refractivity contribution is 7.92. The molecule has 0 spiro atoms. The van der Waals surface area contributed by atoms with Gasteiger partial charge in [-0.3, -0.25) is 9.62 Å². The van der Waals surface area contributed by atoms with Crippen molar-refractivity contribution >= 4 is 38.8 Å². The molecule has 164 valence electrons. The number of sulfonamides is 1. The Morgan fingerprint density at radius 2 is 2.10 bits per heavy atom. The van der Waals surface area contributed by atoms with E-state index in [1.54, 1.807) is 0 Å². The number of ether oxygens (including phenoxy) is 1. The van der Waals surface area contributed by atoms with E-state index in [1.165, 1.54) is 27.8 Å². The Labute approximate surface area is 189 Å². The molecule has 1 atom stereocenters. The highest BCUT2D eigenvalue weighted by atomic mass is 35.5. The van der Waals surface area contributed by atoms with Crippen LogP contribution in [0.3, 0.4) is 0 Å². The van der Waals surface area contributed by atoms with Crippen molar-refractivity contribution in [2.45, 2.75) is 30.4 Å². The summed E-state index contributed by atoms with van der Waals surface area (Å²) in [5.41, 5.74) is 2.11. The molecule has 0 bridgehead atoms. The number of benzene rings is 2. The van der Waals surface area contributed by atoms with E-state index in [0.717, 1.165) is 31.6 Å². The monoisotopic (exact) mass is 481 g/mol. The second kappa shape index (κ2) is 8.74. The smallest absolute Gasteiger partial charge is 0.266 e. The lowest BCUT2D eigenvalue weighted by Crippen LogP contribution is -2.36. The number of halogens is 2. The molecule has 6 nitrogen and oxygen atoms in total. The van der Waals surface area contributed by atoms with Crippen LogP contribution in [0.2, 0.25) is 5.02 Å². The highest BCUT2D eigenvalue weighted by Gasteiger charge is 2.36. The number of hydrogen-bond donors (Lipinski definition) is 1. The van der Waals surface area contributed by atoms with Gasteiger partial charge in [-0.05, 0) is 18.6 Å². The third kappa shape index (κ3) is 5.17. The molecular weight excluding hydrogens is 461 g/mol. The Bertz CT molecular complexity index is 1160. The number of rotatable bonds is 7. The summed E-state index contributed by atoms with van der Waals surface area (Å²) in [6.45, 7) is 4.21. The Morgan fingerprint density at radius 3 is 2.81 bits per heavy atom. The minimum absolute atomic E-state index is 0.0304. The van der Waals surface area contributed by atoms with Crippen LogP contribution in [0.1, 0.15) is 18.9 Å². The van der Waals surface area contributed by atoms with Gasteiger partial charge in [-0.2, -0.15) is 0 Å². The fourth-order valence-corrected chi connectivity index (χ4v) is 5.51. The van der Waals surface area contributed by atoms with E-state index in [1.807, 2.05) is 25.1 Å². The maximum absolute atomic E-state index is 14.7. The molecule has 1 aromatic heterocycles. The normalized spacial score (nSPS) is 19.5. The topological polar surface area (TPSA) is 71.5 Å². The van der Waals surface area contributed by atoms with Gasteiger partial charge in [-0.25, -0.2) is 17.8 Å². The average Bonchev–Trinajstić information content (AvgIpc) is 3.34. The summed E-state index contributed by atoms with van der Waals surface area (Å²) < 4.78 is 48.1. The predicted molar refractivity (Wildman–Crippen MR) is 120 cm³/mol. The number of nitrogens with one attached hydrogen (secondary N) is 1. The Hall–Kier alpha value is -2.20. The molecule has 2 heterocycles. The first-order valence-electron chi connectivity index (χ1n) is 9.59. The third-order valence-corrected chi connectivity index (χ3v) is 7.32. The van der Waals surface area contributed by atoms with Crippen LogP contribution >= 0.6 is 22.9 Å². The molecule has 3 aromatic rings. The molecule has 31 heavy (non-hydrogen) atoms. The van der Waals surface area contributed by atoms with Crippen molar-refractivity contribution in [3.05, 3.63) is 69.8 Å². The molecule has 0 radical (unpaired) electrons. The van der Waals surface area contributed by atoms with Gasteiger partial charge in [0.25, 0.3) is 10.0 Å². The molecule has 1 aliphatic rings. The number of nitrogens with zero attached hydrogens (tertiary/aromatic N) is 2. The fourth-order valence-electron chi connectivity index (χ4n) is 3.60. The molecule has 2 aromatic carbocycles. The van der Waals surface area contributed by atoms with Crippen LogP contribution < -0.4 is 9.46 Å². The van der Waals surface area contributed by atoms with Gasteiger partial charge in [0.1, 0.15) is 22.1 Å². The van der Waals surface area contributed by atoms with Gasteiger partial charge >= 0.3 is 0 Å². The highest BCUT2D eigenvalue weighted by Crippen LogP contribution is 2.36. The van der Waals surface area contributed by atoms with E-state index < -0.39 is 26.3 Å². The summed E-state index contributed by atoms with van der Waals surface area (Å²) in [5, 5.41) is 1.54. The van der Waals surface area contributed by atoms with Crippen LogP contribution in [0.4, 0.5) is 10.2 Å². The molecule has 10 heteroatoms. The predicted octanol–water partition coefficient (Wildman–Crippen LogP) is 4.78. The first kappa shape index (κ1) is 22.0. The number of thiazole rings is 1. The van der Waals surface area contributed by atoms with Gasteiger partial charge in [0.15, 0.2) is 5.82 Å². The van der Waals surface area contributed by atoms with Crippen molar-refractivity contribution in [2.75, 3.05) is 17.8 Å². The quantitative estimate of drug-likeness (QED) is 0.525. The van der Waals surface area contributed by atoms with Crippen LogP contribution in [-0.2, 0) is 16.6 Å². The Kier molecular flexibility index (Phi) is 6.20. The van der Waals surface area contributed by atoms with Crippen LogP contribution in [0.15, 0.2) is 58.3 Å². The van der Waals surface area contributed by atoms with E-state index in [9.17, 15) is 12.8 Å². The standard InChI is InChI=1S/C21H21ClFN3O3S2/c1-21(7-8-26(13-21)11-15-5-3-2-4-6-15)29-18-10-17(23)19(9-16(18)22)31(27,28)25-20-12-30-14-24-20/h2-6,9-10,12,14,25H,7-8,11,13H2,1H3/t21-/m0/s1. The van der Waals surface area contributed by atoms with Gasteiger partial charge in [0, 0.05) is 37.5 Å². The molecule has 0 saturated carbocycles. The lowest BCUT2D eigenvalue weighted by molar-refractivity contribution is 0.0946. The van der Waals surface area contributed by atoms with Gasteiger partial charge < -0.3 is 4.74 Å². The summed E-state index contributed by atoms with van der Waals surface area (Å²) in [6.07, 6.45) is 0.739. The van der Waals surface area contributed by atoms with Crippen molar-refractivity contribution in [3.8, 4) is 5.75 Å². The van der Waals surface area contributed by atoms with Crippen molar-refractivity contribution in [3.63, 3.8) is 0 Å². The summed E-state index contributed by atoms with van der Waals surface area (Å²) in [6, 6.07) is 12.2. The van der Waals surface area contributed by atoms with E-state index in [0.29, 0.717) is 6.54 Å². The van der Waals surface area contributed by atoms with Gasteiger partial charge in [0.2, 0.25) is 0 Å². The summed E-state index contributed by atoms with van der Waals surface area (Å²) in [5.74, 6) is -0.696. The summed E-state index contributed by atoms with van der Waals surface area (Å²) in [7, 11) is -4.17. The Balaban J connectivity index is 1.48. The molecule has 1 fully saturated rings. The summed E-state index contributed by atoms with van der Waals surface area (Å²) in [4.78, 5) is 5.56. The molecule has 1 saturated heterocycles. The molecule has 0 amide bonds. The molecular formula is C21H21ClFN3O3S2. The average molecular weight is 482 g/mol.